The molecule has 0 spiro atoms. The molecule has 24 heavy (non-hydrogen) atoms. The topological polar surface area (TPSA) is 50.4 Å². The summed E-state index contributed by atoms with van der Waals surface area (Å²) < 4.78 is 43.6. The summed E-state index contributed by atoms with van der Waals surface area (Å²) in [6.07, 6.45) is -4.50. The molecule has 2 aromatic rings. The fraction of sp³-hybridized carbons (Fsp3) is 0.188. The maximum absolute atomic E-state index is 12.9. The molecular weight excluding hydrogens is 345 g/mol. The maximum Gasteiger partial charge on any atom is 0.418 e. The second-order valence-electron chi connectivity index (χ2n) is 4.79. The Kier molecular flexibility index (Phi) is 5.56. The smallest absolute Gasteiger partial charge is 0.418 e. The predicted octanol–water partition coefficient (Wildman–Crippen LogP) is 4.42. The van der Waals surface area contributed by atoms with E-state index in [0.29, 0.717) is 16.5 Å². The van der Waals surface area contributed by atoms with E-state index in [0.717, 1.165) is 6.07 Å². The fourth-order valence-electron chi connectivity index (χ4n) is 2.01. The highest BCUT2D eigenvalue weighted by molar-refractivity contribution is 6.32. The van der Waals surface area contributed by atoms with Crippen LogP contribution in [-0.4, -0.2) is 19.6 Å². The lowest BCUT2D eigenvalue weighted by Crippen LogP contribution is -2.23. The molecule has 0 aromatic heterocycles. The third-order valence-corrected chi connectivity index (χ3v) is 3.40. The van der Waals surface area contributed by atoms with Gasteiger partial charge < -0.3 is 15.4 Å². The van der Waals surface area contributed by atoms with E-state index in [4.69, 9.17) is 16.3 Å². The maximum atomic E-state index is 12.9. The Morgan fingerprint density at radius 3 is 2.54 bits per heavy atom. The molecule has 0 bridgehead atoms. The van der Waals surface area contributed by atoms with Crippen LogP contribution in [0.2, 0.25) is 5.02 Å². The first-order valence-corrected chi connectivity index (χ1v) is 7.22. The number of ether oxygens (including phenoxy) is 1. The number of alkyl halides is 3. The zero-order chi connectivity index (χ0) is 17.7. The van der Waals surface area contributed by atoms with Crippen LogP contribution < -0.4 is 15.4 Å². The Morgan fingerprint density at radius 2 is 1.92 bits per heavy atom. The number of hydrogen-bond acceptors (Lipinski definition) is 3. The van der Waals surface area contributed by atoms with E-state index in [1.54, 1.807) is 12.1 Å². The molecule has 0 saturated carbocycles. The van der Waals surface area contributed by atoms with E-state index >= 15 is 0 Å². The van der Waals surface area contributed by atoms with Gasteiger partial charge in [-0.15, -0.1) is 0 Å². The van der Waals surface area contributed by atoms with Crippen LogP contribution in [0.5, 0.6) is 5.75 Å². The number of amides is 1. The third-order valence-electron chi connectivity index (χ3n) is 3.11. The van der Waals surface area contributed by atoms with Crippen molar-refractivity contribution < 1.29 is 22.7 Å². The Balaban J connectivity index is 2.01. The zero-order valence-electron chi connectivity index (χ0n) is 12.6. The quantitative estimate of drug-likeness (QED) is 0.832. The van der Waals surface area contributed by atoms with Crippen molar-refractivity contribution in [2.24, 2.45) is 0 Å². The van der Waals surface area contributed by atoms with Gasteiger partial charge >= 0.3 is 6.18 Å². The molecule has 4 nitrogen and oxygen atoms in total. The molecule has 2 rings (SSSR count). The number of methoxy groups -OCH3 is 1. The Hall–Kier alpha value is -2.41. The molecule has 1 amide bonds. The van der Waals surface area contributed by atoms with Crippen molar-refractivity contribution in [1.82, 2.24) is 0 Å². The Bertz CT molecular complexity index is 736. The highest BCUT2D eigenvalue weighted by Crippen LogP contribution is 2.34. The number of halogens is 4. The summed E-state index contributed by atoms with van der Waals surface area (Å²) in [7, 11) is 1.46. The number of benzene rings is 2. The van der Waals surface area contributed by atoms with Crippen LogP contribution in [0.4, 0.5) is 24.5 Å². The van der Waals surface area contributed by atoms with Crippen LogP contribution in [-0.2, 0) is 11.0 Å². The molecule has 8 heteroatoms. The molecular formula is C16H14ClF3N2O2. The van der Waals surface area contributed by atoms with E-state index in [9.17, 15) is 18.0 Å². The summed E-state index contributed by atoms with van der Waals surface area (Å²) in [6, 6.07) is 9.59. The molecule has 0 fully saturated rings. The van der Waals surface area contributed by atoms with Crippen LogP contribution in [0.3, 0.4) is 0 Å². The van der Waals surface area contributed by atoms with Crippen molar-refractivity contribution in [3.05, 3.63) is 53.1 Å². The largest absolute Gasteiger partial charge is 0.495 e. The predicted molar refractivity (Wildman–Crippen MR) is 86.6 cm³/mol. The first kappa shape index (κ1) is 17.9. The molecule has 0 aliphatic heterocycles. The van der Waals surface area contributed by atoms with E-state index in [-0.39, 0.29) is 12.2 Å². The van der Waals surface area contributed by atoms with Crippen LogP contribution >= 0.6 is 11.6 Å². The highest BCUT2D eigenvalue weighted by atomic mass is 35.5. The zero-order valence-corrected chi connectivity index (χ0v) is 13.3. The number of para-hydroxylation sites is 1. The average Bonchev–Trinajstić information content (AvgIpc) is 2.52. The van der Waals surface area contributed by atoms with Gasteiger partial charge in [-0.3, -0.25) is 4.79 Å². The Morgan fingerprint density at radius 1 is 1.21 bits per heavy atom. The van der Waals surface area contributed by atoms with Gasteiger partial charge in [-0.2, -0.15) is 13.2 Å². The van der Waals surface area contributed by atoms with Crippen molar-refractivity contribution in [3.8, 4) is 5.75 Å². The molecule has 2 aromatic carbocycles. The summed E-state index contributed by atoms with van der Waals surface area (Å²) in [5.41, 5.74) is -0.574. The van der Waals surface area contributed by atoms with Crippen LogP contribution in [0.25, 0.3) is 0 Å². The monoisotopic (exact) mass is 358 g/mol. The minimum Gasteiger partial charge on any atom is -0.495 e. The van der Waals surface area contributed by atoms with Gasteiger partial charge in [-0.05, 0) is 30.3 Å². The molecule has 128 valence electrons. The molecule has 0 heterocycles. The van der Waals surface area contributed by atoms with Gasteiger partial charge in [0.2, 0.25) is 5.91 Å². The summed E-state index contributed by atoms with van der Waals surface area (Å²) in [6.45, 7) is -0.323. The third kappa shape index (κ3) is 4.55. The second kappa shape index (κ2) is 7.44. The normalized spacial score (nSPS) is 11.0. The number of rotatable bonds is 5. The van der Waals surface area contributed by atoms with Crippen molar-refractivity contribution in [1.29, 1.82) is 0 Å². The summed E-state index contributed by atoms with van der Waals surface area (Å²) in [5.74, 6) is -0.0555. The number of carbonyl (C=O) groups excluding carboxylic acids is 1. The Labute approximate surface area is 141 Å². The lowest BCUT2D eigenvalue weighted by molar-refractivity contribution is -0.137. The molecule has 0 aliphatic rings. The van der Waals surface area contributed by atoms with E-state index in [2.05, 4.69) is 10.6 Å². The van der Waals surface area contributed by atoms with Gasteiger partial charge in [0.25, 0.3) is 0 Å². The van der Waals surface area contributed by atoms with Crippen LogP contribution in [0.1, 0.15) is 5.56 Å². The van der Waals surface area contributed by atoms with Gasteiger partial charge in [0, 0.05) is 11.4 Å². The summed E-state index contributed by atoms with van der Waals surface area (Å²) in [4.78, 5) is 11.9. The lowest BCUT2D eigenvalue weighted by atomic mass is 10.1. The first-order chi connectivity index (χ1) is 11.3. The molecule has 0 unspecified atom stereocenters. The summed E-state index contributed by atoms with van der Waals surface area (Å²) in [5, 5.41) is 5.34. The van der Waals surface area contributed by atoms with Gasteiger partial charge in [0.05, 0.1) is 24.2 Å². The number of hydrogen-bond donors (Lipinski definition) is 2. The van der Waals surface area contributed by atoms with Crippen molar-refractivity contribution in [2.75, 3.05) is 24.3 Å². The van der Waals surface area contributed by atoms with Gasteiger partial charge in [-0.1, -0.05) is 23.7 Å². The molecule has 0 saturated heterocycles. The number of carbonyl (C=O) groups is 1. The fourth-order valence-corrected chi connectivity index (χ4v) is 2.27. The molecule has 2 N–H and O–H groups in total. The van der Waals surface area contributed by atoms with Crippen molar-refractivity contribution >= 4 is 28.9 Å². The SMILES string of the molecule is COc1ccc(NC(=O)CNc2ccccc2C(F)(F)F)cc1Cl. The van der Waals surface area contributed by atoms with Gasteiger partial charge in [0.15, 0.2) is 0 Å². The number of nitrogens with one attached hydrogen (secondary N) is 2. The van der Waals surface area contributed by atoms with Crippen molar-refractivity contribution in [3.63, 3.8) is 0 Å². The van der Waals surface area contributed by atoms with Crippen molar-refractivity contribution in [2.45, 2.75) is 6.18 Å². The number of anilines is 2. The van der Waals surface area contributed by atoms with Crippen LogP contribution in [0, 0.1) is 0 Å². The highest BCUT2D eigenvalue weighted by Gasteiger charge is 2.33. The minimum atomic E-state index is -4.50. The lowest BCUT2D eigenvalue weighted by Gasteiger charge is -2.14. The standard InChI is InChI=1S/C16H14ClF3N2O2/c1-24-14-7-6-10(8-12(14)17)22-15(23)9-21-13-5-3-2-4-11(13)16(18,19)20/h2-8,21H,9H2,1H3,(H,22,23). The average molecular weight is 359 g/mol. The van der Waals surface area contributed by atoms with E-state index in [1.807, 2.05) is 0 Å². The molecule has 0 aliphatic carbocycles. The van der Waals surface area contributed by atoms with Gasteiger partial charge in [-0.25, -0.2) is 0 Å². The van der Waals surface area contributed by atoms with Crippen LogP contribution in [0.15, 0.2) is 42.5 Å². The van der Waals surface area contributed by atoms with E-state index in [1.165, 1.54) is 31.4 Å². The molecule has 0 radical (unpaired) electrons. The van der Waals surface area contributed by atoms with E-state index < -0.39 is 17.6 Å². The second-order valence-corrected chi connectivity index (χ2v) is 5.20. The first-order valence-electron chi connectivity index (χ1n) is 6.84. The molecule has 0 atom stereocenters. The minimum absolute atomic E-state index is 0.159. The summed E-state index contributed by atoms with van der Waals surface area (Å²) >= 11 is 5.94. The van der Waals surface area contributed by atoms with Gasteiger partial charge in [0.1, 0.15) is 5.75 Å².